The van der Waals surface area contributed by atoms with Gasteiger partial charge < -0.3 is 24.2 Å². The first-order valence-corrected chi connectivity index (χ1v) is 15.5. The van der Waals surface area contributed by atoms with E-state index in [1.165, 1.54) is 11.3 Å². The average Bonchev–Trinajstić information content (AvgIpc) is 3.62. The van der Waals surface area contributed by atoms with Gasteiger partial charge in [0.15, 0.2) is 6.29 Å². The van der Waals surface area contributed by atoms with Gasteiger partial charge in [0, 0.05) is 23.3 Å². The van der Waals surface area contributed by atoms with Gasteiger partial charge >= 0.3 is 5.97 Å². The van der Waals surface area contributed by atoms with Crippen LogP contribution in [0.5, 0.6) is 0 Å². The molecule has 2 saturated carbocycles. The fourth-order valence-electron chi connectivity index (χ4n) is 6.48. The third-order valence-electron chi connectivity index (χ3n) is 8.69. The number of thiophene rings is 1. The third-order valence-corrected chi connectivity index (χ3v) is 9.72. The van der Waals surface area contributed by atoms with Gasteiger partial charge in [0.25, 0.3) is 0 Å². The minimum atomic E-state index is -1.000. The van der Waals surface area contributed by atoms with Crippen LogP contribution in [-0.2, 0) is 19.0 Å². The fourth-order valence-corrected chi connectivity index (χ4v) is 7.32. The maximum Gasteiger partial charge on any atom is 0.348 e. The van der Waals surface area contributed by atoms with Crippen LogP contribution in [0.25, 0.3) is 0 Å². The molecule has 2 aliphatic carbocycles. The number of anilines is 1. The molecule has 1 N–H and O–H groups in total. The predicted octanol–water partition coefficient (Wildman–Crippen LogP) is 6.09. The fraction of sp³-hybridized carbons (Fsp3) is 0.742. The number of aromatic carboxylic acids is 1. The molecule has 0 spiro atoms. The number of carbonyl (C=O) groups is 2. The smallest absolute Gasteiger partial charge is 0.348 e. The van der Waals surface area contributed by atoms with Gasteiger partial charge in [-0.25, -0.2) is 4.79 Å². The molecule has 0 aromatic carbocycles. The lowest BCUT2D eigenvalue weighted by Crippen LogP contribution is -2.47. The van der Waals surface area contributed by atoms with Gasteiger partial charge in [-0.15, -0.1) is 11.3 Å². The molecule has 0 unspecified atom stereocenters. The van der Waals surface area contributed by atoms with Crippen LogP contribution in [0.1, 0.15) is 100 Å². The molecule has 2 saturated heterocycles. The molecule has 4 aliphatic rings. The highest BCUT2D eigenvalue weighted by molar-refractivity contribution is 7.15. The number of carboxylic acid groups (broad SMARTS) is 1. The number of fused-ring (bicyclic) bond motifs is 1. The minimum absolute atomic E-state index is 0.0461. The molecule has 1 aromatic heterocycles. The van der Waals surface area contributed by atoms with Gasteiger partial charge in [0.2, 0.25) is 5.91 Å². The number of carboxylic acids is 1. The zero-order valence-electron chi connectivity index (χ0n) is 23.7. The van der Waals surface area contributed by atoms with E-state index < -0.39 is 5.97 Å². The standard InChI is InChI=1S/C31H43NO6S/c1-19-5-7-20(8-6-19)28(33)32(25-17-23(13-15-31(2,3)4)39-27(25)29(34)35)21-9-11-22(12-10-21)38-26-18-37-30-24(26)14-16-36-30/h17,19-22,24,26,30H,5-12,14,16,18H2,1-4H3,(H,34,35)/t19-,20-,21-,22-,24-,26+,30+/m0/s1. The molecule has 4 fully saturated rings. The first-order chi connectivity index (χ1) is 18.6. The second-order valence-electron chi connectivity index (χ2n) is 12.9. The summed E-state index contributed by atoms with van der Waals surface area (Å²) < 4.78 is 17.9. The SMILES string of the molecule is CC(C)(C)C#Cc1cc(N(C(=O)[C@H]2CC[C@H](C)CC2)[C@H]2CC[C@H](O[C@@H]3CO[C@H]4OCC[C@H]43)CC2)c(C(=O)O)s1. The largest absolute Gasteiger partial charge is 0.477 e. The van der Waals surface area contributed by atoms with E-state index in [0.717, 1.165) is 64.4 Å². The van der Waals surface area contributed by atoms with Gasteiger partial charge in [-0.2, -0.15) is 0 Å². The number of nitrogens with zero attached hydrogens (tertiary/aromatic N) is 1. The Morgan fingerprint density at radius 1 is 1.05 bits per heavy atom. The van der Waals surface area contributed by atoms with Crippen LogP contribution in [0.4, 0.5) is 5.69 Å². The summed E-state index contributed by atoms with van der Waals surface area (Å²) in [5.74, 6) is 6.36. The Balaban J connectivity index is 1.36. The van der Waals surface area contributed by atoms with Crippen LogP contribution in [0.2, 0.25) is 0 Å². The van der Waals surface area contributed by atoms with Crippen molar-refractivity contribution in [2.45, 2.75) is 110 Å². The molecule has 1 amide bonds. The number of amides is 1. The zero-order valence-corrected chi connectivity index (χ0v) is 24.6. The minimum Gasteiger partial charge on any atom is -0.477 e. The van der Waals surface area contributed by atoms with Crippen LogP contribution < -0.4 is 4.90 Å². The molecule has 2 aliphatic heterocycles. The Kier molecular flexibility index (Phi) is 8.73. The van der Waals surface area contributed by atoms with E-state index in [1.807, 2.05) is 31.7 Å². The average molecular weight is 558 g/mol. The molecule has 5 rings (SSSR count). The van der Waals surface area contributed by atoms with Crippen molar-refractivity contribution in [2.24, 2.45) is 23.2 Å². The van der Waals surface area contributed by atoms with E-state index in [2.05, 4.69) is 18.8 Å². The van der Waals surface area contributed by atoms with Crippen molar-refractivity contribution >= 4 is 28.9 Å². The van der Waals surface area contributed by atoms with Crippen LogP contribution in [-0.4, -0.2) is 54.7 Å². The molecule has 1 aromatic rings. The first-order valence-electron chi connectivity index (χ1n) is 14.7. The van der Waals surface area contributed by atoms with E-state index in [1.54, 1.807) is 0 Å². The van der Waals surface area contributed by atoms with Crippen LogP contribution in [0.3, 0.4) is 0 Å². The Morgan fingerprint density at radius 2 is 1.77 bits per heavy atom. The molecule has 3 heterocycles. The van der Waals surface area contributed by atoms with Crippen LogP contribution in [0, 0.1) is 35.0 Å². The second kappa shape index (κ2) is 11.9. The highest BCUT2D eigenvalue weighted by Gasteiger charge is 2.44. The summed E-state index contributed by atoms with van der Waals surface area (Å²) in [6.07, 6.45) is 8.11. The second-order valence-corrected chi connectivity index (χ2v) is 14.0. The molecule has 0 radical (unpaired) electrons. The third kappa shape index (κ3) is 6.70. The summed E-state index contributed by atoms with van der Waals surface area (Å²) >= 11 is 1.18. The molecular formula is C31H43NO6S. The highest BCUT2D eigenvalue weighted by Crippen LogP contribution is 2.40. The molecule has 3 atom stereocenters. The Hall–Kier alpha value is -1.92. The van der Waals surface area contributed by atoms with Gasteiger partial charge in [-0.3, -0.25) is 4.79 Å². The van der Waals surface area contributed by atoms with Gasteiger partial charge in [-0.1, -0.05) is 18.8 Å². The maximum atomic E-state index is 14.1. The van der Waals surface area contributed by atoms with Crippen LogP contribution in [0.15, 0.2) is 6.07 Å². The number of hydrogen-bond acceptors (Lipinski definition) is 6. The van der Waals surface area contributed by atoms with E-state index in [4.69, 9.17) is 14.2 Å². The summed E-state index contributed by atoms with van der Waals surface area (Å²) in [6, 6.07) is 1.80. The summed E-state index contributed by atoms with van der Waals surface area (Å²) in [5.41, 5.74) is 0.323. The lowest BCUT2D eigenvalue weighted by Gasteiger charge is -2.40. The normalized spacial score (nSPS) is 32.8. The zero-order chi connectivity index (χ0) is 27.7. The highest BCUT2D eigenvalue weighted by atomic mass is 32.1. The van der Waals surface area contributed by atoms with Crippen molar-refractivity contribution in [2.75, 3.05) is 18.1 Å². The summed E-state index contributed by atoms with van der Waals surface area (Å²) in [4.78, 5) is 29.3. The topological polar surface area (TPSA) is 85.3 Å². The first kappa shape index (κ1) is 28.6. The lowest BCUT2D eigenvalue weighted by molar-refractivity contribution is -0.124. The van der Waals surface area contributed by atoms with Gasteiger partial charge in [0.1, 0.15) is 4.88 Å². The molecular weight excluding hydrogens is 514 g/mol. The number of rotatable bonds is 6. The van der Waals surface area contributed by atoms with Crippen molar-refractivity contribution in [3.63, 3.8) is 0 Å². The summed E-state index contributed by atoms with van der Waals surface area (Å²) in [7, 11) is 0. The Labute approximate surface area is 236 Å². The van der Waals surface area contributed by atoms with E-state index in [9.17, 15) is 14.7 Å². The predicted molar refractivity (Wildman–Crippen MR) is 151 cm³/mol. The van der Waals surface area contributed by atoms with Crippen molar-refractivity contribution in [1.29, 1.82) is 0 Å². The van der Waals surface area contributed by atoms with Crippen molar-refractivity contribution in [3.8, 4) is 11.8 Å². The molecule has 39 heavy (non-hydrogen) atoms. The molecule has 7 nitrogen and oxygen atoms in total. The monoisotopic (exact) mass is 557 g/mol. The number of ether oxygens (including phenoxy) is 3. The van der Waals surface area contributed by atoms with Crippen molar-refractivity contribution < 1.29 is 28.9 Å². The van der Waals surface area contributed by atoms with E-state index in [0.29, 0.717) is 29.0 Å². The molecule has 214 valence electrons. The van der Waals surface area contributed by atoms with Crippen LogP contribution >= 0.6 is 11.3 Å². The van der Waals surface area contributed by atoms with E-state index in [-0.39, 0.29) is 46.7 Å². The van der Waals surface area contributed by atoms with E-state index >= 15 is 0 Å². The lowest BCUT2D eigenvalue weighted by atomic mass is 9.81. The Morgan fingerprint density at radius 3 is 2.44 bits per heavy atom. The van der Waals surface area contributed by atoms with Gasteiger partial charge in [-0.05, 0) is 90.5 Å². The number of carbonyl (C=O) groups excluding carboxylic acids is 1. The molecule has 8 heteroatoms. The van der Waals surface area contributed by atoms with Crippen molar-refractivity contribution in [1.82, 2.24) is 0 Å². The van der Waals surface area contributed by atoms with Gasteiger partial charge in [0.05, 0.1) is 36.0 Å². The summed E-state index contributed by atoms with van der Waals surface area (Å²) in [6.45, 7) is 9.65. The summed E-state index contributed by atoms with van der Waals surface area (Å²) in [5, 5.41) is 10.1. The Bertz CT molecular complexity index is 1100. The van der Waals surface area contributed by atoms with Crippen molar-refractivity contribution in [3.05, 3.63) is 15.8 Å². The number of hydrogen-bond donors (Lipinski definition) is 1. The molecule has 0 bridgehead atoms. The quantitative estimate of drug-likeness (QED) is 0.426. The maximum absolute atomic E-state index is 14.1.